The van der Waals surface area contributed by atoms with Gasteiger partial charge in [0.2, 0.25) is 0 Å². The number of hydrogen-bond acceptors (Lipinski definition) is 3. The minimum atomic E-state index is -0.411. The predicted octanol–water partition coefficient (Wildman–Crippen LogP) is 4.23. The number of halogens is 1. The molecule has 1 aromatic carbocycles. The van der Waals surface area contributed by atoms with Gasteiger partial charge in [0.1, 0.15) is 11.5 Å². The maximum absolute atomic E-state index is 14.3. The molecule has 3 heterocycles. The van der Waals surface area contributed by atoms with Crippen LogP contribution in [-0.2, 0) is 0 Å². The zero-order valence-corrected chi connectivity index (χ0v) is 18.4. The molecule has 0 bridgehead atoms. The van der Waals surface area contributed by atoms with Crippen LogP contribution in [0.3, 0.4) is 0 Å². The number of pyridine rings is 1. The molecule has 1 N–H and O–H groups in total. The van der Waals surface area contributed by atoms with Crippen molar-refractivity contribution in [1.29, 1.82) is 0 Å². The van der Waals surface area contributed by atoms with E-state index in [0.717, 1.165) is 37.8 Å². The van der Waals surface area contributed by atoms with Gasteiger partial charge in [-0.15, -0.1) is 0 Å². The Morgan fingerprint density at radius 2 is 1.97 bits per heavy atom. The average Bonchev–Trinajstić information content (AvgIpc) is 3.28. The fourth-order valence-electron chi connectivity index (χ4n) is 4.32. The maximum atomic E-state index is 14.3. The molecule has 0 atom stereocenters. The number of aromatic nitrogens is 2. The van der Waals surface area contributed by atoms with Gasteiger partial charge in [-0.2, -0.15) is 0 Å². The zero-order chi connectivity index (χ0) is 22.5. The van der Waals surface area contributed by atoms with Crippen LogP contribution in [0.5, 0.6) is 0 Å². The molecule has 1 aliphatic rings. The lowest BCUT2D eigenvalue weighted by Crippen LogP contribution is -2.39. The van der Waals surface area contributed by atoms with Crippen LogP contribution >= 0.6 is 0 Å². The predicted molar refractivity (Wildman–Crippen MR) is 121 cm³/mol. The van der Waals surface area contributed by atoms with E-state index in [1.807, 2.05) is 16.7 Å². The van der Waals surface area contributed by atoms with Crippen LogP contribution < -0.4 is 5.32 Å². The van der Waals surface area contributed by atoms with Crippen molar-refractivity contribution in [1.82, 2.24) is 19.6 Å². The standard InChI is InChI=1S/C25H29FN4O2/c1-18-5-4-7-21(23(18)26)25(32)29-14-10-19(11-15-29)6-2-3-12-28-24(31)20-8-9-22-27-13-16-30(22)17-20/h4-5,7-9,13,16-17,19H,2-3,6,10-12,14-15H2,1H3,(H,28,31). The molecule has 1 aliphatic heterocycles. The number of rotatable bonds is 7. The highest BCUT2D eigenvalue weighted by Gasteiger charge is 2.25. The number of aryl methyl sites for hydroxylation is 1. The third-order valence-corrected chi connectivity index (χ3v) is 6.30. The number of benzene rings is 1. The molecule has 0 radical (unpaired) electrons. The number of piperidine rings is 1. The van der Waals surface area contributed by atoms with Gasteiger partial charge in [-0.25, -0.2) is 9.37 Å². The van der Waals surface area contributed by atoms with Crippen molar-refractivity contribution in [3.05, 3.63) is 71.4 Å². The van der Waals surface area contributed by atoms with Gasteiger partial charge in [0.05, 0.1) is 11.1 Å². The number of nitrogens with zero attached hydrogens (tertiary/aromatic N) is 3. The van der Waals surface area contributed by atoms with E-state index in [4.69, 9.17) is 0 Å². The number of nitrogens with one attached hydrogen (secondary N) is 1. The Labute approximate surface area is 187 Å². The summed E-state index contributed by atoms with van der Waals surface area (Å²) in [6.45, 7) is 3.67. The Morgan fingerprint density at radius 3 is 2.78 bits per heavy atom. The van der Waals surface area contributed by atoms with Crippen LogP contribution in [0.15, 0.2) is 48.9 Å². The first-order valence-corrected chi connectivity index (χ1v) is 11.3. The lowest BCUT2D eigenvalue weighted by Gasteiger charge is -2.32. The summed E-state index contributed by atoms with van der Waals surface area (Å²) in [6.07, 6.45) is 10.2. The third-order valence-electron chi connectivity index (χ3n) is 6.30. The number of unbranched alkanes of at least 4 members (excludes halogenated alkanes) is 1. The van der Waals surface area contributed by atoms with Crippen molar-refractivity contribution in [2.24, 2.45) is 5.92 Å². The maximum Gasteiger partial charge on any atom is 0.256 e. The number of amides is 2. The van der Waals surface area contributed by atoms with Crippen LogP contribution in [0.2, 0.25) is 0 Å². The van der Waals surface area contributed by atoms with Gasteiger partial charge in [-0.05, 0) is 55.9 Å². The molecule has 0 spiro atoms. The Kier molecular flexibility index (Phi) is 6.83. The largest absolute Gasteiger partial charge is 0.352 e. The molecule has 3 aromatic rings. The Bertz CT molecular complexity index is 1100. The van der Waals surface area contributed by atoms with Crippen molar-refractivity contribution in [2.45, 2.75) is 39.0 Å². The van der Waals surface area contributed by atoms with Crippen molar-refractivity contribution in [3.63, 3.8) is 0 Å². The van der Waals surface area contributed by atoms with Gasteiger partial charge in [-0.3, -0.25) is 9.59 Å². The summed E-state index contributed by atoms with van der Waals surface area (Å²) in [4.78, 5) is 30.9. The Hall–Kier alpha value is -3.22. The van der Waals surface area contributed by atoms with Crippen LogP contribution in [-0.4, -0.2) is 45.7 Å². The van der Waals surface area contributed by atoms with Crippen LogP contribution in [0.1, 0.15) is 58.4 Å². The number of carbonyl (C=O) groups excluding carboxylic acids is 2. The van der Waals surface area contributed by atoms with E-state index in [0.29, 0.717) is 36.7 Å². The zero-order valence-electron chi connectivity index (χ0n) is 18.4. The van der Waals surface area contributed by atoms with Crippen LogP contribution in [0, 0.1) is 18.7 Å². The van der Waals surface area contributed by atoms with Crippen molar-refractivity contribution in [2.75, 3.05) is 19.6 Å². The molecule has 2 amide bonds. The summed E-state index contributed by atoms with van der Waals surface area (Å²) < 4.78 is 16.1. The summed E-state index contributed by atoms with van der Waals surface area (Å²) in [5.74, 6) is -0.121. The molecular formula is C25H29FN4O2. The summed E-state index contributed by atoms with van der Waals surface area (Å²) in [7, 11) is 0. The summed E-state index contributed by atoms with van der Waals surface area (Å²) in [5.41, 5.74) is 2.11. The van der Waals surface area contributed by atoms with E-state index >= 15 is 0 Å². The number of likely N-dealkylation sites (tertiary alicyclic amines) is 1. The normalized spacial score (nSPS) is 14.6. The quantitative estimate of drug-likeness (QED) is 0.564. The molecule has 2 aromatic heterocycles. The van der Waals surface area contributed by atoms with E-state index in [2.05, 4.69) is 10.3 Å². The molecule has 1 fully saturated rings. The second kappa shape index (κ2) is 9.94. The highest BCUT2D eigenvalue weighted by atomic mass is 19.1. The monoisotopic (exact) mass is 436 g/mol. The van der Waals surface area contributed by atoms with Gasteiger partial charge in [0.25, 0.3) is 11.8 Å². The molecule has 168 valence electrons. The molecule has 7 heteroatoms. The number of imidazole rings is 1. The summed E-state index contributed by atoms with van der Waals surface area (Å²) in [6, 6.07) is 8.60. The van der Waals surface area contributed by atoms with E-state index in [-0.39, 0.29) is 17.4 Å². The molecular weight excluding hydrogens is 407 g/mol. The highest BCUT2D eigenvalue weighted by Crippen LogP contribution is 2.24. The van der Waals surface area contributed by atoms with Crippen molar-refractivity contribution < 1.29 is 14.0 Å². The number of hydrogen-bond donors (Lipinski definition) is 1. The first-order chi connectivity index (χ1) is 15.5. The van der Waals surface area contributed by atoms with E-state index < -0.39 is 5.82 Å². The summed E-state index contributed by atoms with van der Waals surface area (Å²) >= 11 is 0. The smallest absolute Gasteiger partial charge is 0.256 e. The van der Waals surface area contributed by atoms with Crippen LogP contribution in [0.25, 0.3) is 5.65 Å². The number of fused-ring (bicyclic) bond motifs is 1. The molecule has 4 rings (SSSR count). The number of carbonyl (C=O) groups is 2. The Morgan fingerprint density at radius 1 is 1.16 bits per heavy atom. The minimum Gasteiger partial charge on any atom is -0.352 e. The first-order valence-electron chi connectivity index (χ1n) is 11.3. The molecule has 0 aliphatic carbocycles. The second-order valence-electron chi connectivity index (χ2n) is 8.53. The van der Waals surface area contributed by atoms with Crippen molar-refractivity contribution >= 4 is 17.5 Å². The SMILES string of the molecule is Cc1cccc(C(=O)N2CCC(CCCCNC(=O)c3ccc4nccn4c3)CC2)c1F. The molecule has 6 nitrogen and oxygen atoms in total. The topological polar surface area (TPSA) is 66.7 Å². The summed E-state index contributed by atoms with van der Waals surface area (Å²) in [5, 5.41) is 2.98. The fourth-order valence-corrected chi connectivity index (χ4v) is 4.32. The molecule has 0 saturated carbocycles. The fraction of sp³-hybridized carbons (Fsp3) is 0.400. The molecule has 32 heavy (non-hydrogen) atoms. The van der Waals surface area contributed by atoms with Gasteiger partial charge >= 0.3 is 0 Å². The third kappa shape index (κ3) is 4.98. The van der Waals surface area contributed by atoms with E-state index in [9.17, 15) is 14.0 Å². The van der Waals surface area contributed by atoms with Gasteiger partial charge < -0.3 is 14.6 Å². The van der Waals surface area contributed by atoms with Gasteiger partial charge in [-0.1, -0.05) is 25.0 Å². The van der Waals surface area contributed by atoms with E-state index in [1.54, 1.807) is 48.5 Å². The average molecular weight is 437 g/mol. The lowest BCUT2D eigenvalue weighted by molar-refractivity contribution is 0.0681. The molecule has 1 saturated heterocycles. The van der Waals surface area contributed by atoms with Gasteiger partial charge in [0.15, 0.2) is 0 Å². The Balaban J connectivity index is 1.15. The second-order valence-corrected chi connectivity index (χ2v) is 8.53. The molecule has 0 unspecified atom stereocenters. The highest BCUT2D eigenvalue weighted by molar-refractivity contribution is 5.95. The van der Waals surface area contributed by atoms with Crippen molar-refractivity contribution in [3.8, 4) is 0 Å². The van der Waals surface area contributed by atoms with Crippen LogP contribution in [0.4, 0.5) is 4.39 Å². The minimum absolute atomic E-state index is 0.0733. The van der Waals surface area contributed by atoms with E-state index in [1.165, 1.54) is 0 Å². The van der Waals surface area contributed by atoms with Gasteiger partial charge in [0, 0.05) is 38.2 Å². The first kappa shape index (κ1) is 22.0. The lowest BCUT2D eigenvalue weighted by atomic mass is 9.91.